The van der Waals surface area contributed by atoms with Crippen LogP contribution in [0.15, 0.2) is 23.1 Å². The van der Waals surface area contributed by atoms with E-state index in [9.17, 15) is 18.5 Å². The monoisotopic (exact) mass is 299 g/mol. The van der Waals surface area contributed by atoms with Crippen molar-refractivity contribution in [3.63, 3.8) is 0 Å². The molecule has 0 amide bonds. The van der Waals surface area contributed by atoms with Crippen LogP contribution in [0.2, 0.25) is 0 Å². The molecular formula is C12H17N3O4S. The van der Waals surface area contributed by atoms with Gasteiger partial charge in [-0.05, 0) is 44.7 Å². The lowest BCUT2D eigenvalue weighted by Gasteiger charge is -2.25. The maximum absolute atomic E-state index is 12.4. The minimum atomic E-state index is -3.99. The number of nitro benzene ring substituents is 1. The van der Waals surface area contributed by atoms with E-state index in [4.69, 9.17) is 5.73 Å². The Balaban J connectivity index is 2.43. The lowest BCUT2D eigenvalue weighted by molar-refractivity contribution is -0.387. The summed E-state index contributed by atoms with van der Waals surface area (Å²) in [7, 11) is -3.99. The molecule has 0 unspecified atom stereocenters. The van der Waals surface area contributed by atoms with Crippen LogP contribution in [0.3, 0.4) is 0 Å². The van der Waals surface area contributed by atoms with E-state index in [1.165, 1.54) is 6.07 Å². The fourth-order valence-corrected chi connectivity index (χ4v) is 3.86. The number of hydrogen-bond donors (Lipinski definition) is 2. The van der Waals surface area contributed by atoms with E-state index in [2.05, 4.69) is 4.72 Å². The first kappa shape index (κ1) is 14.7. The van der Waals surface area contributed by atoms with Gasteiger partial charge in [-0.1, -0.05) is 0 Å². The van der Waals surface area contributed by atoms with Crippen LogP contribution < -0.4 is 10.5 Å². The summed E-state index contributed by atoms with van der Waals surface area (Å²) >= 11 is 0. The average Bonchev–Trinajstić information content (AvgIpc) is 3.10. The lowest BCUT2D eigenvalue weighted by atomic mass is 10.0. The van der Waals surface area contributed by atoms with Gasteiger partial charge in [0.15, 0.2) is 4.90 Å². The van der Waals surface area contributed by atoms with Gasteiger partial charge in [0, 0.05) is 17.3 Å². The Hall–Kier alpha value is -1.67. The molecule has 20 heavy (non-hydrogen) atoms. The minimum absolute atomic E-state index is 0.167. The topological polar surface area (TPSA) is 115 Å². The number of nitrogens with zero attached hydrogens (tertiary/aromatic N) is 1. The van der Waals surface area contributed by atoms with Crippen molar-refractivity contribution in [1.82, 2.24) is 4.72 Å². The molecule has 1 saturated carbocycles. The molecule has 0 aliphatic heterocycles. The van der Waals surface area contributed by atoms with Crippen molar-refractivity contribution in [3.8, 4) is 0 Å². The van der Waals surface area contributed by atoms with Crippen LogP contribution in [0.1, 0.15) is 26.7 Å². The van der Waals surface area contributed by atoms with Gasteiger partial charge in [0.1, 0.15) is 0 Å². The van der Waals surface area contributed by atoms with E-state index in [-0.39, 0.29) is 11.6 Å². The third kappa shape index (κ3) is 2.91. The number of anilines is 1. The smallest absolute Gasteiger partial charge is 0.289 e. The van der Waals surface area contributed by atoms with Crippen molar-refractivity contribution in [2.75, 3.05) is 5.73 Å². The van der Waals surface area contributed by atoms with Gasteiger partial charge in [-0.2, -0.15) is 0 Å². The third-order valence-electron chi connectivity index (χ3n) is 3.47. The highest BCUT2D eigenvalue weighted by Crippen LogP contribution is 2.40. The summed E-state index contributed by atoms with van der Waals surface area (Å²) in [6.45, 7) is 3.56. The van der Waals surface area contributed by atoms with Gasteiger partial charge in [-0.25, -0.2) is 13.1 Å². The second-order valence-electron chi connectivity index (χ2n) is 5.59. The number of nitro groups is 1. The highest BCUT2D eigenvalue weighted by Gasteiger charge is 2.41. The molecular weight excluding hydrogens is 282 g/mol. The molecule has 1 aliphatic carbocycles. The molecule has 1 aromatic rings. The molecule has 0 spiro atoms. The van der Waals surface area contributed by atoms with Crippen molar-refractivity contribution in [2.45, 2.75) is 37.1 Å². The van der Waals surface area contributed by atoms with Crippen molar-refractivity contribution < 1.29 is 13.3 Å². The van der Waals surface area contributed by atoms with Gasteiger partial charge in [0.2, 0.25) is 10.0 Å². The molecule has 0 heterocycles. The second-order valence-corrected chi connectivity index (χ2v) is 7.24. The van der Waals surface area contributed by atoms with Crippen LogP contribution in [-0.2, 0) is 10.0 Å². The van der Waals surface area contributed by atoms with E-state index in [0.717, 1.165) is 25.0 Å². The first-order valence-corrected chi connectivity index (χ1v) is 7.70. The number of benzene rings is 1. The highest BCUT2D eigenvalue weighted by atomic mass is 32.2. The first-order valence-electron chi connectivity index (χ1n) is 6.21. The molecule has 1 fully saturated rings. The van der Waals surface area contributed by atoms with Crippen LogP contribution >= 0.6 is 0 Å². The Kier molecular flexibility index (Phi) is 3.47. The van der Waals surface area contributed by atoms with Crippen molar-refractivity contribution in [3.05, 3.63) is 28.3 Å². The zero-order valence-electron chi connectivity index (χ0n) is 11.3. The van der Waals surface area contributed by atoms with Crippen LogP contribution in [-0.4, -0.2) is 18.9 Å². The molecule has 7 nitrogen and oxygen atoms in total. The Morgan fingerprint density at radius 3 is 2.50 bits per heavy atom. The number of nitrogens with one attached hydrogen (secondary N) is 1. The largest absolute Gasteiger partial charge is 0.399 e. The fourth-order valence-electron chi connectivity index (χ4n) is 2.19. The molecule has 0 radical (unpaired) electrons. The number of nitrogen functional groups attached to an aromatic ring is 1. The predicted octanol–water partition coefficient (Wildman–Crippen LogP) is 1.64. The van der Waals surface area contributed by atoms with Crippen LogP contribution in [0.4, 0.5) is 11.4 Å². The number of rotatable bonds is 5. The molecule has 1 aliphatic rings. The molecule has 0 saturated heterocycles. The summed E-state index contributed by atoms with van der Waals surface area (Å²) in [5.74, 6) is 0.261. The van der Waals surface area contributed by atoms with E-state index in [1.807, 2.05) is 0 Å². The summed E-state index contributed by atoms with van der Waals surface area (Å²) in [5, 5.41) is 11.0. The van der Waals surface area contributed by atoms with E-state index in [0.29, 0.717) is 0 Å². The molecule has 110 valence electrons. The molecule has 0 atom stereocenters. The molecule has 0 aromatic heterocycles. The third-order valence-corrected chi connectivity index (χ3v) is 5.17. The standard InChI is InChI=1S/C12H17N3O4S/c1-12(2,8-3-4-8)14-20(18,19)11-7-9(13)5-6-10(11)15(16)17/h5-8,14H,3-4,13H2,1-2H3. The Morgan fingerprint density at radius 2 is 2.00 bits per heavy atom. The molecule has 1 aromatic carbocycles. The second kappa shape index (κ2) is 4.71. The average molecular weight is 299 g/mol. The van der Waals surface area contributed by atoms with Gasteiger partial charge < -0.3 is 5.73 Å². The first-order chi connectivity index (χ1) is 9.13. The van der Waals surface area contributed by atoms with Gasteiger partial charge in [0.25, 0.3) is 5.69 Å². The maximum Gasteiger partial charge on any atom is 0.289 e. The molecule has 8 heteroatoms. The predicted molar refractivity (Wildman–Crippen MR) is 74.6 cm³/mol. The van der Waals surface area contributed by atoms with E-state index >= 15 is 0 Å². The summed E-state index contributed by atoms with van der Waals surface area (Å²) in [6.07, 6.45) is 1.91. The number of sulfonamides is 1. The van der Waals surface area contributed by atoms with Crippen LogP contribution in [0, 0.1) is 16.0 Å². The maximum atomic E-state index is 12.4. The molecule has 0 bridgehead atoms. The Bertz CT molecular complexity index is 651. The Labute approximate surface area is 117 Å². The molecule has 3 N–H and O–H groups in total. The highest BCUT2D eigenvalue weighted by molar-refractivity contribution is 7.89. The quantitative estimate of drug-likeness (QED) is 0.487. The summed E-state index contributed by atoms with van der Waals surface area (Å²) < 4.78 is 27.3. The van der Waals surface area contributed by atoms with Gasteiger partial charge in [0.05, 0.1) is 4.92 Å². The van der Waals surface area contributed by atoms with Crippen molar-refractivity contribution in [2.24, 2.45) is 5.92 Å². The number of hydrogen-bond acceptors (Lipinski definition) is 5. The van der Waals surface area contributed by atoms with Crippen molar-refractivity contribution in [1.29, 1.82) is 0 Å². The zero-order valence-corrected chi connectivity index (χ0v) is 12.1. The Morgan fingerprint density at radius 1 is 1.40 bits per heavy atom. The minimum Gasteiger partial charge on any atom is -0.399 e. The molecule has 2 rings (SSSR count). The SMILES string of the molecule is CC(C)(NS(=O)(=O)c1cc(N)ccc1[N+](=O)[O-])C1CC1. The number of nitrogens with two attached hydrogens (primary N) is 1. The summed E-state index contributed by atoms with van der Waals surface area (Å²) in [6, 6.07) is 3.53. The van der Waals surface area contributed by atoms with E-state index in [1.54, 1.807) is 13.8 Å². The fraction of sp³-hybridized carbons (Fsp3) is 0.500. The zero-order chi connectivity index (χ0) is 15.1. The van der Waals surface area contributed by atoms with Crippen molar-refractivity contribution >= 4 is 21.4 Å². The van der Waals surface area contributed by atoms with Gasteiger partial charge in [-0.15, -0.1) is 0 Å². The summed E-state index contributed by atoms with van der Waals surface area (Å²) in [5.41, 5.74) is 4.61. The van der Waals surface area contributed by atoms with Crippen LogP contribution in [0.5, 0.6) is 0 Å². The van der Waals surface area contributed by atoms with Gasteiger partial charge in [-0.3, -0.25) is 10.1 Å². The van der Waals surface area contributed by atoms with Crippen LogP contribution in [0.25, 0.3) is 0 Å². The lowest BCUT2D eigenvalue weighted by Crippen LogP contribution is -2.45. The normalized spacial score (nSPS) is 16.1. The van der Waals surface area contributed by atoms with Gasteiger partial charge >= 0.3 is 0 Å². The summed E-state index contributed by atoms with van der Waals surface area (Å²) in [4.78, 5) is 9.85. The van der Waals surface area contributed by atoms with E-state index < -0.39 is 31.1 Å².